The molecule has 0 amide bonds. The number of hydrogen-bond acceptors (Lipinski definition) is 6. The van der Waals surface area contributed by atoms with Gasteiger partial charge >= 0.3 is 5.97 Å². The third-order valence-electron chi connectivity index (χ3n) is 5.66. The maximum atomic E-state index is 12.8. The minimum atomic E-state index is -3.80. The van der Waals surface area contributed by atoms with Crippen LogP contribution >= 0.6 is 0 Å². The average Bonchev–Trinajstić information content (AvgIpc) is 3.09. The molecular formula is C26H30N2O6S. The van der Waals surface area contributed by atoms with Gasteiger partial charge in [-0.2, -0.15) is 0 Å². The van der Waals surface area contributed by atoms with Crippen molar-refractivity contribution in [3.8, 4) is 11.4 Å². The van der Waals surface area contributed by atoms with Crippen molar-refractivity contribution in [2.45, 2.75) is 45.4 Å². The Morgan fingerprint density at radius 3 is 2.23 bits per heavy atom. The zero-order valence-corrected chi connectivity index (χ0v) is 21.3. The van der Waals surface area contributed by atoms with E-state index < -0.39 is 22.6 Å². The molecule has 0 saturated carbocycles. The minimum Gasteiger partial charge on any atom is -0.482 e. The number of rotatable bonds is 9. The predicted molar refractivity (Wildman–Crippen MR) is 133 cm³/mol. The van der Waals surface area contributed by atoms with Crippen LogP contribution in [-0.4, -0.2) is 38.0 Å². The molecule has 0 aliphatic carbocycles. The normalized spacial score (nSPS) is 11.5. The summed E-state index contributed by atoms with van der Waals surface area (Å²) < 4.78 is 35.7. The average molecular weight is 499 g/mol. The molecule has 0 aliphatic rings. The van der Waals surface area contributed by atoms with Crippen molar-refractivity contribution in [1.29, 1.82) is 0 Å². The summed E-state index contributed by atoms with van der Waals surface area (Å²) in [5.74, 6) is -0.131. The van der Waals surface area contributed by atoms with Crippen LogP contribution in [0.1, 0.15) is 52.6 Å². The Kier molecular flexibility index (Phi) is 7.82. The molecular weight excluding hydrogens is 468 g/mol. The maximum absolute atomic E-state index is 12.8. The van der Waals surface area contributed by atoms with Gasteiger partial charge in [-0.15, -0.1) is 0 Å². The second kappa shape index (κ2) is 10.5. The van der Waals surface area contributed by atoms with Gasteiger partial charge in [0.15, 0.2) is 13.2 Å². The summed E-state index contributed by atoms with van der Waals surface area (Å²) in [6, 6.07) is 13.6. The van der Waals surface area contributed by atoms with Crippen LogP contribution in [0.2, 0.25) is 0 Å². The molecule has 2 N–H and O–H groups in total. The Morgan fingerprint density at radius 2 is 1.63 bits per heavy atom. The zero-order valence-electron chi connectivity index (χ0n) is 20.5. The van der Waals surface area contributed by atoms with Crippen molar-refractivity contribution in [3.05, 3.63) is 76.6 Å². The highest BCUT2D eigenvalue weighted by molar-refractivity contribution is 7.89. The Hall–Kier alpha value is -3.43. The monoisotopic (exact) mass is 498 g/mol. The fourth-order valence-electron chi connectivity index (χ4n) is 3.87. The molecule has 1 aromatic heterocycles. The molecule has 3 rings (SSSR count). The van der Waals surface area contributed by atoms with Crippen LogP contribution in [0, 0.1) is 20.8 Å². The van der Waals surface area contributed by atoms with Crippen molar-refractivity contribution in [2.24, 2.45) is 5.14 Å². The summed E-state index contributed by atoms with van der Waals surface area (Å²) in [6.07, 6.45) is 0. The number of Topliss-reactive ketones (excluding diaryl/α,β-unsaturated/α-hetero) is 1. The summed E-state index contributed by atoms with van der Waals surface area (Å²) in [5, 5.41) is 5.16. The fraction of sp³-hybridized carbons (Fsp3) is 0.308. The first-order valence-corrected chi connectivity index (χ1v) is 12.7. The van der Waals surface area contributed by atoms with E-state index in [1.54, 1.807) is 25.1 Å². The van der Waals surface area contributed by atoms with Crippen LogP contribution in [-0.2, 0) is 19.6 Å². The van der Waals surface area contributed by atoms with Crippen molar-refractivity contribution in [1.82, 2.24) is 4.57 Å². The van der Waals surface area contributed by atoms with E-state index in [9.17, 15) is 18.0 Å². The molecule has 1 heterocycles. The van der Waals surface area contributed by atoms with Crippen molar-refractivity contribution in [2.75, 3.05) is 13.2 Å². The smallest absolute Gasteiger partial charge is 0.344 e. The van der Waals surface area contributed by atoms with Gasteiger partial charge in [0.05, 0.1) is 4.90 Å². The van der Waals surface area contributed by atoms with Gasteiger partial charge in [0, 0.05) is 22.6 Å². The van der Waals surface area contributed by atoms with E-state index in [0.717, 1.165) is 16.8 Å². The summed E-state index contributed by atoms with van der Waals surface area (Å²) in [5.41, 5.74) is 4.50. The summed E-state index contributed by atoms with van der Waals surface area (Å²) in [4.78, 5) is 25.0. The predicted octanol–water partition coefficient (Wildman–Crippen LogP) is 3.98. The SMILES string of the molecule is Cc1ccc(C(C)C)c(OCC(=O)OCC(=O)c2cc(C)n(-c3ccc(S(N)(=O)=O)cc3)c2C)c1. The number of ether oxygens (including phenoxy) is 2. The fourth-order valence-corrected chi connectivity index (χ4v) is 4.39. The molecule has 0 spiro atoms. The Bertz CT molecular complexity index is 1360. The topological polar surface area (TPSA) is 118 Å². The highest BCUT2D eigenvalue weighted by atomic mass is 32.2. The number of carbonyl (C=O) groups excluding carboxylic acids is 2. The van der Waals surface area contributed by atoms with E-state index in [1.807, 2.05) is 50.5 Å². The third kappa shape index (κ3) is 6.17. The van der Waals surface area contributed by atoms with E-state index in [2.05, 4.69) is 0 Å². The largest absolute Gasteiger partial charge is 0.482 e. The number of carbonyl (C=O) groups is 2. The Balaban J connectivity index is 1.66. The van der Waals surface area contributed by atoms with Crippen LogP contribution in [0.5, 0.6) is 5.75 Å². The first-order chi connectivity index (χ1) is 16.4. The van der Waals surface area contributed by atoms with Gasteiger partial charge in [-0.1, -0.05) is 26.0 Å². The second-order valence-corrected chi connectivity index (χ2v) is 10.3. The second-order valence-electron chi connectivity index (χ2n) is 8.73. The zero-order chi connectivity index (χ0) is 25.9. The number of nitrogens with zero attached hydrogens (tertiary/aromatic N) is 1. The molecule has 0 radical (unpaired) electrons. The molecule has 35 heavy (non-hydrogen) atoms. The van der Waals surface area contributed by atoms with Gasteiger partial charge in [0.1, 0.15) is 5.75 Å². The number of aromatic nitrogens is 1. The third-order valence-corrected chi connectivity index (χ3v) is 6.59. The van der Waals surface area contributed by atoms with E-state index in [4.69, 9.17) is 14.6 Å². The molecule has 0 fully saturated rings. The molecule has 186 valence electrons. The highest BCUT2D eigenvalue weighted by Gasteiger charge is 2.19. The molecule has 0 aliphatic heterocycles. The van der Waals surface area contributed by atoms with Crippen molar-refractivity contribution < 1.29 is 27.5 Å². The molecule has 0 saturated heterocycles. The van der Waals surface area contributed by atoms with E-state index in [0.29, 0.717) is 22.7 Å². The van der Waals surface area contributed by atoms with Crippen LogP contribution in [0.25, 0.3) is 5.69 Å². The number of esters is 1. The van der Waals surface area contributed by atoms with Gasteiger partial charge in [-0.3, -0.25) is 4.79 Å². The van der Waals surface area contributed by atoms with Gasteiger partial charge in [-0.05, 0) is 74.2 Å². The molecule has 0 atom stereocenters. The van der Waals surface area contributed by atoms with Gasteiger partial charge in [0.2, 0.25) is 15.8 Å². The maximum Gasteiger partial charge on any atom is 0.344 e. The number of hydrogen-bond donors (Lipinski definition) is 1. The lowest BCUT2D eigenvalue weighted by atomic mass is 10.0. The molecule has 3 aromatic rings. The standard InChI is InChI=1S/C26H30N2O6S/c1-16(2)22-11-6-17(3)12-25(22)33-15-26(30)34-14-24(29)23-13-18(4)28(19(23)5)20-7-9-21(10-8-20)35(27,31)32/h6-13,16H,14-15H2,1-5H3,(H2,27,31,32). The summed E-state index contributed by atoms with van der Waals surface area (Å²) in [7, 11) is -3.80. The number of nitrogens with two attached hydrogens (primary N) is 1. The first-order valence-electron chi connectivity index (χ1n) is 11.1. The molecule has 0 bridgehead atoms. The van der Waals surface area contributed by atoms with Crippen molar-refractivity contribution >= 4 is 21.8 Å². The lowest BCUT2D eigenvalue weighted by Gasteiger charge is -2.14. The van der Waals surface area contributed by atoms with Crippen LogP contribution in [0.15, 0.2) is 53.4 Å². The molecule has 8 nitrogen and oxygen atoms in total. The Labute approximate surface area is 205 Å². The van der Waals surface area contributed by atoms with Gasteiger partial charge in [-0.25, -0.2) is 18.4 Å². The number of benzene rings is 2. The lowest BCUT2D eigenvalue weighted by molar-refractivity contribution is -0.144. The molecule has 9 heteroatoms. The minimum absolute atomic E-state index is 0.000298. The number of ketones is 1. The summed E-state index contributed by atoms with van der Waals surface area (Å²) in [6.45, 7) is 8.90. The number of aryl methyl sites for hydroxylation is 2. The van der Waals surface area contributed by atoms with Crippen LogP contribution in [0.4, 0.5) is 0 Å². The van der Waals surface area contributed by atoms with Crippen LogP contribution < -0.4 is 9.88 Å². The first kappa shape index (κ1) is 26.2. The highest BCUT2D eigenvalue weighted by Crippen LogP contribution is 2.27. The van der Waals surface area contributed by atoms with E-state index >= 15 is 0 Å². The number of sulfonamides is 1. The Morgan fingerprint density at radius 1 is 0.971 bits per heavy atom. The van der Waals surface area contributed by atoms with Gasteiger partial charge in [0.25, 0.3) is 0 Å². The molecule has 2 aromatic carbocycles. The van der Waals surface area contributed by atoms with Gasteiger partial charge < -0.3 is 14.0 Å². The summed E-state index contributed by atoms with van der Waals surface area (Å²) >= 11 is 0. The van der Waals surface area contributed by atoms with Crippen LogP contribution in [0.3, 0.4) is 0 Å². The lowest BCUT2D eigenvalue weighted by Crippen LogP contribution is -2.20. The van der Waals surface area contributed by atoms with Crippen molar-refractivity contribution in [3.63, 3.8) is 0 Å². The van der Waals surface area contributed by atoms with E-state index in [-0.39, 0.29) is 23.2 Å². The van der Waals surface area contributed by atoms with E-state index in [1.165, 1.54) is 12.1 Å². The number of primary sulfonamides is 1. The molecule has 0 unspecified atom stereocenters. The quantitative estimate of drug-likeness (QED) is 0.352.